The number of carbonyl (C=O) groups is 1. The van der Waals surface area contributed by atoms with Crippen molar-refractivity contribution in [3.63, 3.8) is 0 Å². The maximum Gasteiger partial charge on any atom is 0.287 e. The molecule has 1 unspecified atom stereocenters. The molecule has 1 heterocycles. The lowest BCUT2D eigenvalue weighted by molar-refractivity contribution is -0.942. The third-order valence-corrected chi connectivity index (χ3v) is 4.77. The molecule has 1 amide bonds. The van der Waals surface area contributed by atoms with E-state index in [9.17, 15) is 4.79 Å². The fraction of sp³-hybridized carbons (Fsp3) is 0.292. The molecule has 1 atom stereocenters. The molecule has 0 aliphatic heterocycles. The van der Waals surface area contributed by atoms with Crippen LogP contribution in [0.15, 0.2) is 71.1 Å². The van der Waals surface area contributed by atoms with Crippen LogP contribution in [0.4, 0.5) is 0 Å². The van der Waals surface area contributed by atoms with E-state index in [2.05, 4.69) is 60.8 Å². The Labute approximate surface area is 172 Å². The van der Waals surface area contributed by atoms with Crippen LogP contribution in [0, 0.1) is 6.92 Å². The molecule has 1 aromatic heterocycles. The second kappa shape index (κ2) is 10.6. The number of hydrogen-bond acceptors (Lipinski definition) is 3. The Morgan fingerprint density at radius 3 is 2.31 bits per heavy atom. The monoisotopic (exact) mass is 393 g/mol. The van der Waals surface area contributed by atoms with Crippen LogP contribution in [0.5, 0.6) is 0 Å². The molecule has 3 aromatic rings. The summed E-state index contributed by atoms with van der Waals surface area (Å²) < 4.78 is 10.8. The molecule has 0 saturated carbocycles. The van der Waals surface area contributed by atoms with Crippen LogP contribution in [0.2, 0.25) is 0 Å². The van der Waals surface area contributed by atoms with Gasteiger partial charge in [0.2, 0.25) is 0 Å². The summed E-state index contributed by atoms with van der Waals surface area (Å²) in [6.45, 7) is 5.50. The molecule has 3 rings (SSSR count). The Bertz CT molecular complexity index is 888. The second-order valence-corrected chi connectivity index (χ2v) is 7.27. The van der Waals surface area contributed by atoms with E-state index in [0.29, 0.717) is 25.5 Å². The first-order chi connectivity index (χ1) is 14.1. The van der Waals surface area contributed by atoms with Gasteiger partial charge in [-0.05, 0) is 19.1 Å². The molecule has 5 heteroatoms. The van der Waals surface area contributed by atoms with E-state index in [0.717, 1.165) is 18.8 Å². The highest BCUT2D eigenvalue weighted by Crippen LogP contribution is 2.08. The number of rotatable bonds is 10. The zero-order valence-corrected chi connectivity index (χ0v) is 17.1. The minimum Gasteiger partial charge on any atom is -0.450 e. The van der Waals surface area contributed by atoms with Gasteiger partial charge in [-0.25, -0.2) is 0 Å². The van der Waals surface area contributed by atoms with Crippen LogP contribution in [-0.2, 0) is 24.4 Å². The highest BCUT2D eigenvalue weighted by Gasteiger charge is 2.17. The number of furan rings is 1. The van der Waals surface area contributed by atoms with Crippen molar-refractivity contribution in [3.8, 4) is 0 Å². The number of methoxy groups -OCH3 is 1. The van der Waals surface area contributed by atoms with Crippen molar-refractivity contribution < 1.29 is 18.8 Å². The number of amides is 1. The smallest absolute Gasteiger partial charge is 0.287 e. The molecular weight excluding hydrogens is 364 g/mol. The fourth-order valence-corrected chi connectivity index (χ4v) is 3.26. The van der Waals surface area contributed by atoms with Crippen LogP contribution in [0.1, 0.15) is 33.0 Å². The lowest BCUT2D eigenvalue weighted by Gasteiger charge is -2.19. The first-order valence-corrected chi connectivity index (χ1v) is 9.93. The van der Waals surface area contributed by atoms with Crippen molar-refractivity contribution in [1.82, 2.24) is 5.32 Å². The average Bonchev–Trinajstić information content (AvgIpc) is 3.19. The van der Waals surface area contributed by atoms with Crippen molar-refractivity contribution >= 4 is 5.91 Å². The van der Waals surface area contributed by atoms with Crippen LogP contribution in [0.3, 0.4) is 0 Å². The summed E-state index contributed by atoms with van der Waals surface area (Å²) in [5.41, 5.74) is 3.82. The first kappa shape index (κ1) is 20.8. The molecule has 5 nitrogen and oxygen atoms in total. The standard InChI is InChI=1S/C24H28N2O3/c1-19-8-10-21(11-9-19)17-26(16-20-6-4-3-5-7-20)18-22-12-13-23(29-22)24(27)25-14-15-28-2/h3-13H,14-18H2,1-2H3,(H,25,27)/p+1. The first-order valence-electron chi connectivity index (χ1n) is 9.93. The molecule has 2 aromatic carbocycles. The second-order valence-electron chi connectivity index (χ2n) is 7.27. The van der Waals surface area contributed by atoms with Gasteiger partial charge >= 0.3 is 0 Å². The number of benzene rings is 2. The summed E-state index contributed by atoms with van der Waals surface area (Å²) in [6, 6.07) is 22.7. The Hall–Kier alpha value is -2.89. The Morgan fingerprint density at radius 2 is 1.62 bits per heavy atom. The molecule has 0 radical (unpaired) electrons. The number of aryl methyl sites for hydroxylation is 1. The molecule has 0 aliphatic rings. The Morgan fingerprint density at radius 1 is 0.931 bits per heavy atom. The number of hydrogen-bond donors (Lipinski definition) is 2. The highest BCUT2D eigenvalue weighted by molar-refractivity contribution is 5.91. The van der Waals surface area contributed by atoms with Crippen LogP contribution >= 0.6 is 0 Å². The van der Waals surface area contributed by atoms with Crippen molar-refractivity contribution in [2.45, 2.75) is 26.6 Å². The lowest BCUT2D eigenvalue weighted by Crippen LogP contribution is -3.08. The molecular formula is C24H29N2O3+. The molecule has 0 bridgehead atoms. The topological polar surface area (TPSA) is 55.9 Å². The number of ether oxygens (including phenoxy) is 1. The van der Waals surface area contributed by atoms with Gasteiger partial charge in [-0.3, -0.25) is 4.79 Å². The van der Waals surface area contributed by atoms with Gasteiger partial charge in [-0.1, -0.05) is 60.2 Å². The van der Waals surface area contributed by atoms with Gasteiger partial charge in [0, 0.05) is 24.8 Å². The summed E-state index contributed by atoms with van der Waals surface area (Å²) >= 11 is 0. The van der Waals surface area contributed by atoms with E-state index >= 15 is 0 Å². The fourth-order valence-electron chi connectivity index (χ4n) is 3.26. The van der Waals surface area contributed by atoms with E-state index < -0.39 is 0 Å². The van der Waals surface area contributed by atoms with E-state index in [4.69, 9.17) is 9.15 Å². The van der Waals surface area contributed by atoms with Gasteiger partial charge in [0.15, 0.2) is 11.5 Å². The van der Waals surface area contributed by atoms with Crippen molar-refractivity contribution in [1.29, 1.82) is 0 Å². The van der Waals surface area contributed by atoms with Gasteiger partial charge in [0.25, 0.3) is 5.91 Å². The molecule has 0 saturated heterocycles. The Kier molecular flexibility index (Phi) is 7.61. The number of nitrogens with one attached hydrogen (secondary N) is 2. The zero-order valence-electron chi connectivity index (χ0n) is 17.1. The third kappa shape index (κ3) is 6.59. The predicted octanol–water partition coefficient (Wildman–Crippen LogP) is 2.75. The predicted molar refractivity (Wildman–Crippen MR) is 113 cm³/mol. The number of quaternary nitrogens is 1. The van der Waals surface area contributed by atoms with Crippen LogP contribution in [-0.4, -0.2) is 26.2 Å². The highest BCUT2D eigenvalue weighted by atomic mass is 16.5. The summed E-state index contributed by atoms with van der Waals surface area (Å²) in [5.74, 6) is 0.932. The lowest BCUT2D eigenvalue weighted by atomic mass is 10.1. The molecule has 29 heavy (non-hydrogen) atoms. The summed E-state index contributed by atoms with van der Waals surface area (Å²) in [6.07, 6.45) is 0. The molecule has 0 aliphatic carbocycles. The van der Waals surface area contributed by atoms with E-state index in [1.807, 2.05) is 12.1 Å². The molecule has 2 N–H and O–H groups in total. The van der Waals surface area contributed by atoms with Gasteiger partial charge < -0.3 is 19.4 Å². The zero-order chi connectivity index (χ0) is 20.5. The van der Waals surface area contributed by atoms with E-state index in [1.54, 1.807) is 13.2 Å². The maximum atomic E-state index is 12.2. The minimum absolute atomic E-state index is 0.212. The van der Waals surface area contributed by atoms with Crippen molar-refractivity contribution in [2.75, 3.05) is 20.3 Å². The van der Waals surface area contributed by atoms with E-state index in [-0.39, 0.29) is 5.91 Å². The summed E-state index contributed by atoms with van der Waals surface area (Å²) in [4.78, 5) is 13.5. The third-order valence-electron chi connectivity index (χ3n) is 4.77. The van der Waals surface area contributed by atoms with Gasteiger partial charge in [0.1, 0.15) is 19.6 Å². The van der Waals surface area contributed by atoms with Gasteiger partial charge in [0.05, 0.1) is 6.61 Å². The summed E-state index contributed by atoms with van der Waals surface area (Å²) in [5, 5.41) is 2.79. The maximum absolute atomic E-state index is 12.2. The Balaban J connectivity index is 1.69. The molecule has 0 fully saturated rings. The molecule has 0 spiro atoms. The van der Waals surface area contributed by atoms with Crippen molar-refractivity contribution in [3.05, 3.63) is 94.9 Å². The average molecular weight is 394 g/mol. The van der Waals surface area contributed by atoms with E-state index in [1.165, 1.54) is 21.6 Å². The van der Waals surface area contributed by atoms with Crippen LogP contribution in [0.25, 0.3) is 0 Å². The van der Waals surface area contributed by atoms with Crippen molar-refractivity contribution in [2.24, 2.45) is 0 Å². The quantitative estimate of drug-likeness (QED) is 0.521. The largest absolute Gasteiger partial charge is 0.450 e. The number of carbonyl (C=O) groups excluding carboxylic acids is 1. The minimum atomic E-state index is -0.212. The normalized spacial score (nSPS) is 11.9. The molecule has 152 valence electrons. The van der Waals surface area contributed by atoms with Gasteiger partial charge in [-0.2, -0.15) is 0 Å². The SMILES string of the molecule is COCCNC(=O)c1ccc(C[NH+](Cc2ccccc2)Cc2ccc(C)cc2)o1. The van der Waals surface area contributed by atoms with Gasteiger partial charge in [-0.15, -0.1) is 0 Å². The van der Waals surface area contributed by atoms with Crippen LogP contribution < -0.4 is 10.2 Å². The summed E-state index contributed by atoms with van der Waals surface area (Å²) in [7, 11) is 1.61.